The lowest BCUT2D eigenvalue weighted by Crippen LogP contribution is -2.46. The molecule has 3 nitrogen and oxygen atoms in total. The number of benzene rings is 1. The monoisotopic (exact) mass is 230 g/mol. The molecule has 17 heavy (non-hydrogen) atoms. The third kappa shape index (κ3) is 2.79. The van der Waals surface area contributed by atoms with Crippen molar-refractivity contribution in [2.45, 2.75) is 38.3 Å². The van der Waals surface area contributed by atoms with E-state index in [-0.39, 0.29) is 12.1 Å². The Kier molecular flexibility index (Phi) is 4.03. The van der Waals surface area contributed by atoms with Crippen molar-refractivity contribution >= 4 is 0 Å². The van der Waals surface area contributed by atoms with E-state index in [1.165, 1.54) is 5.56 Å². The Bertz CT molecular complexity index is 408. The number of nitrogens with two attached hydrogens (primary N) is 1. The van der Waals surface area contributed by atoms with Crippen LogP contribution in [0, 0.1) is 11.8 Å². The molecule has 0 bridgehead atoms. The minimum absolute atomic E-state index is 0.121. The molecule has 2 unspecified atom stereocenters. The van der Waals surface area contributed by atoms with Gasteiger partial charge in [-0.1, -0.05) is 18.2 Å². The summed E-state index contributed by atoms with van der Waals surface area (Å²) in [6.07, 6.45) is 2.80. The summed E-state index contributed by atoms with van der Waals surface area (Å²) in [6, 6.07) is 8.30. The van der Waals surface area contributed by atoms with Gasteiger partial charge in [-0.05, 0) is 25.0 Å². The summed E-state index contributed by atoms with van der Waals surface area (Å²) in [5.41, 5.74) is 4.11. The first kappa shape index (κ1) is 12.0. The fourth-order valence-electron chi connectivity index (χ4n) is 2.16. The highest BCUT2D eigenvalue weighted by atomic mass is 16.5. The van der Waals surface area contributed by atoms with Gasteiger partial charge in [0.05, 0.1) is 6.04 Å². The van der Waals surface area contributed by atoms with E-state index < -0.39 is 0 Å². The SMILES string of the molecule is CC#CCCC(NN)C1Cc2ccccc2O1. The van der Waals surface area contributed by atoms with Gasteiger partial charge in [-0.25, -0.2) is 0 Å². The molecule has 0 aliphatic carbocycles. The highest BCUT2D eigenvalue weighted by Gasteiger charge is 2.28. The molecule has 1 heterocycles. The van der Waals surface area contributed by atoms with Crippen molar-refractivity contribution in [1.29, 1.82) is 0 Å². The molecule has 0 amide bonds. The Balaban J connectivity index is 1.97. The van der Waals surface area contributed by atoms with Crippen molar-refractivity contribution in [1.82, 2.24) is 5.43 Å². The summed E-state index contributed by atoms with van der Waals surface area (Å²) >= 11 is 0. The second-order valence-electron chi connectivity index (χ2n) is 4.21. The maximum atomic E-state index is 5.90. The minimum Gasteiger partial charge on any atom is -0.488 e. The van der Waals surface area contributed by atoms with Crippen LogP contribution in [0.1, 0.15) is 25.3 Å². The number of rotatable bonds is 4. The van der Waals surface area contributed by atoms with E-state index in [1.54, 1.807) is 0 Å². The van der Waals surface area contributed by atoms with Crippen LogP contribution in [0.15, 0.2) is 24.3 Å². The maximum absolute atomic E-state index is 5.90. The Labute approximate surface area is 102 Å². The molecular formula is C14H18N2O. The molecule has 0 saturated carbocycles. The quantitative estimate of drug-likeness (QED) is 0.469. The topological polar surface area (TPSA) is 47.3 Å². The van der Waals surface area contributed by atoms with Crippen LogP contribution in [0.4, 0.5) is 0 Å². The molecular weight excluding hydrogens is 212 g/mol. The number of nitrogens with one attached hydrogen (secondary N) is 1. The van der Waals surface area contributed by atoms with Gasteiger partial charge in [0.1, 0.15) is 11.9 Å². The maximum Gasteiger partial charge on any atom is 0.123 e. The fraction of sp³-hybridized carbons (Fsp3) is 0.429. The molecule has 3 heteroatoms. The Hall–Kier alpha value is -1.50. The van der Waals surface area contributed by atoms with Crippen molar-refractivity contribution in [3.8, 4) is 17.6 Å². The molecule has 90 valence electrons. The first-order valence-electron chi connectivity index (χ1n) is 5.95. The fourth-order valence-corrected chi connectivity index (χ4v) is 2.16. The number of hydrogen-bond donors (Lipinski definition) is 2. The number of hydrogen-bond acceptors (Lipinski definition) is 3. The third-order valence-electron chi connectivity index (χ3n) is 3.09. The molecule has 0 radical (unpaired) electrons. The normalized spacial score (nSPS) is 18.8. The average Bonchev–Trinajstić information content (AvgIpc) is 2.78. The zero-order valence-corrected chi connectivity index (χ0v) is 10.1. The predicted octanol–water partition coefficient (Wildman–Crippen LogP) is 1.63. The molecule has 1 aromatic rings. The standard InChI is InChI=1S/C14H18N2O/c1-2-3-4-8-12(16-15)14-10-11-7-5-6-9-13(11)17-14/h5-7,9,12,14,16H,4,8,10,15H2,1H3. The molecule has 2 rings (SSSR count). The first-order valence-corrected chi connectivity index (χ1v) is 5.95. The van der Waals surface area contributed by atoms with Gasteiger partial charge in [-0.2, -0.15) is 0 Å². The van der Waals surface area contributed by atoms with Crippen molar-refractivity contribution in [2.75, 3.05) is 0 Å². The average molecular weight is 230 g/mol. The van der Waals surface area contributed by atoms with E-state index in [4.69, 9.17) is 10.6 Å². The highest BCUT2D eigenvalue weighted by Crippen LogP contribution is 2.30. The van der Waals surface area contributed by atoms with Gasteiger partial charge in [0.2, 0.25) is 0 Å². The first-order chi connectivity index (χ1) is 8.35. The Morgan fingerprint density at radius 3 is 3.06 bits per heavy atom. The Morgan fingerprint density at radius 1 is 1.53 bits per heavy atom. The molecule has 1 aliphatic heterocycles. The van der Waals surface area contributed by atoms with E-state index in [9.17, 15) is 0 Å². The lowest BCUT2D eigenvalue weighted by Gasteiger charge is -2.21. The van der Waals surface area contributed by atoms with Crippen LogP contribution in [0.3, 0.4) is 0 Å². The second-order valence-corrected chi connectivity index (χ2v) is 4.21. The molecule has 1 aliphatic rings. The zero-order valence-electron chi connectivity index (χ0n) is 10.1. The van der Waals surface area contributed by atoms with Gasteiger partial charge in [0.15, 0.2) is 0 Å². The van der Waals surface area contributed by atoms with Crippen molar-refractivity contribution < 1.29 is 4.74 Å². The molecule has 0 saturated heterocycles. The summed E-state index contributed by atoms with van der Waals surface area (Å²) in [6.45, 7) is 1.85. The molecule has 0 spiro atoms. The summed E-state index contributed by atoms with van der Waals surface area (Å²) in [4.78, 5) is 0. The summed E-state index contributed by atoms with van der Waals surface area (Å²) in [5.74, 6) is 12.5. The molecule has 3 N–H and O–H groups in total. The van der Waals surface area contributed by atoms with Crippen LogP contribution < -0.4 is 16.0 Å². The van der Waals surface area contributed by atoms with Crippen molar-refractivity contribution in [3.05, 3.63) is 29.8 Å². The van der Waals surface area contributed by atoms with Crippen LogP contribution in [-0.2, 0) is 6.42 Å². The second kappa shape index (κ2) is 5.72. The van der Waals surface area contributed by atoms with E-state index in [2.05, 4.69) is 23.3 Å². The molecule has 0 aromatic heterocycles. The zero-order chi connectivity index (χ0) is 12.1. The van der Waals surface area contributed by atoms with E-state index in [1.807, 2.05) is 25.1 Å². The van der Waals surface area contributed by atoms with Crippen molar-refractivity contribution in [2.24, 2.45) is 5.84 Å². The van der Waals surface area contributed by atoms with Crippen LogP contribution in [-0.4, -0.2) is 12.1 Å². The number of hydrazine groups is 1. The number of ether oxygens (including phenoxy) is 1. The molecule has 1 aromatic carbocycles. The van der Waals surface area contributed by atoms with Crippen LogP contribution in [0.25, 0.3) is 0 Å². The van der Waals surface area contributed by atoms with E-state index in [0.29, 0.717) is 0 Å². The van der Waals surface area contributed by atoms with Crippen LogP contribution >= 0.6 is 0 Å². The largest absolute Gasteiger partial charge is 0.488 e. The van der Waals surface area contributed by atoms with E-state index in [0.717, 1.165) is 25.0 Å². The minimum atomic E-state index is 0.121. The van der Waals surface area contributed by atoms with Gasteiger partial charge in [-0.3, -0.25) is 11.3 Å². The van der Waals surface area contributed by atoms with Crippen LogP contribution in [0.2, 0.25) is 0 Å². The van der Waals surface area contributed by atoms with E-state index >= 15 is 0 Å². The van der Waals surface area contributed by atoms with Gasteiger partial charge in [-0.15, -0.1) is 11.8 Å². The Morgan fingerprint density at radius 2 is 2.35 bits per heavy atom. The molecule has 2 atom stereocenters. The summed E-state index contributed by atoms with van der Waals surface area (Å²) < 4.78 is 5.90. The smallest absolute Gasteiger partial charge is 0.123 e. The lowest BCUT2D eigenvalue weighted by molar-refractivity contribution is 0.173. The summed E-state index contributed by atoms with van der Waals surface area (Å²) in [5, 5.41) is 0. The van der Waals surface area contributed by atoms with Gasteiger partial charge < -0.3 is 4.74 Å². The molecule has 0 fully saturated rings. The third-order valence-corrected chi connectivity index (χ3v) is 3.09. The predicted molar refractivity (Wildman–Crippen MR) is 68.4 cm³/mol. The highest BCUT2D eigenvalue weighted by molar-refractivity contribution is 5.37. The lowest BCUT2D eigenvalue weighted by atomic mass is 10.0. The van der Waals surface area contributed by atoms with Gasteiger partial charge >= 0.3 is 0 Å². The van der Waals surface area contributed by atoms with Crippen LogP contribution in [0.5, 0.6) is 5.75 Å². The number of fused-ring (bicyclic) bond motifs is 1. The number of para-hydroxylation sites is 1. The van der Waals surface area contributed by atoms with Gasteiger partial charge in [0, 0.05) is 12.8 Å². The summed E-state index contributed by atoms with van der Waals surface area (Å²) in [7, 11) is 0. The van der Waals surface area contributed by atoms with Gasteiger partial charge in [0.25, 0.3) is 0 Å². The van der Waals surface area contributed by atoms with Crippen molar-refractivity contribution in [3.63, 3.8) is 0 Å².